The maximum atomic E-state index is 10.6. The molecule has 1 amide bonds. The summed E-state index contributed by atoms with van der Waals surface area (Å²) in [4.78, 5) is 52.5. The minimum absolute atomic E-state index is 0. The molecule has 0 saturated carbocycles. The number of hydrogen-bond donors (Lipinski definition) is 3. The van der Waals surface area contributed by atoms with Crippen LogP contribution < -0.4 is 149 Å². The number of hydrogen-bond acceptors (Lipinski definition) is 9. The van der Waals surface area contributed by atoms with Crippen LogP contribution in [-0.4, -0.2) is 16.1 Å². The van der Waals surface area contributed by atoms with E-state index >= 15 is 0 Å². The average Bonchev–Trinajstić information content (AvgIpc) is 2.09. The normalized spacial score (nSPS) is 10.9. The first-order valence-corrected chi connectivity index (χ1v) is 6.80. The second-order valence-electron chi connectivity index (χ2n) is 2.84. The van der Waals surface area contributed by atoms with E-state index in [0.29, 0.717) is 0 Å². The molecule has 20 heavy (non-hydrogen) atoms. The molecule has 0 spiro atoms. The van der Waals surface area contributed by atoms with Gasteiger partial charge in [0, 0.05) is 6.42 Å². The number of nitrogens with one attached hydrogen (secondary N) is 1. The summed E-state index contributed by atoms with van der Waals surface area (Å²) in [5.74, 6) is 3.55. The van der Waals surface area contributed by atoms with Crippen LogP contribution in [0.4, 0.5) is 0 Å². The van der Waals surface area contributed by atoms with Crippen LogP contribution in [0, 0.1) is 0 Å². The van der Waals surface area contributed by atoms with E-state index in [2.05, 4.69) is 5.84 Å². The van der Waals surface area contributed by atoms with Crippen molar-refractivity contribution in [3.8, 4) is 0 Å². The predicted octanol–water partition coefficient (Wildman–Crippen LogP) is -16.8. The zero-order chi connectivity index (χ0) is 13.2. The molecule has 96 valence electrons. The number of nitrogens with two attached hydrogens (primary N) is 1. The molecule has 0 fully saturated rings. The third-order valence-electron chi connectivity index (χ3n) is 1.73. The number of rotatable bonds is 5. The maximum Gasteiger partial charge on any atom is 1.00 e. The van der Waals surface area contributed by atoms with Crippen molar-refractivity contribution >= 4 is 21.1 Å². The summed E-state index contributed by atoms with van der Waals surface area (Å²) < 4.78 is 21.0. The van der Waals surface area contributed by atoms with Crippen LogP contribution in [-0.2, 0) is 13.9 Å². The summed E-state index contributed by atoms with van der Waals surface area (Å²) in [6, 6.07) is 0. The first-order chi connectivity index (χ1) is 6.95. The van der Waals surface area contributed by atoms with E-state index in [1.54, 1.807) is 0 Å². The SMILES string of the molecule is NNC(=O)CCC(O)(P(=O)([O-])[O-])P(=O)([O-])[O-].[Na+].[Na+].[Na+].[Na+]. The fourth-order valence-corrected chi connectivity index (χ4v) is 2.75. The molecule has 0 atom stereocenters. The molecule has 10 nitrogen and oxygen atoms in total. The van der Waals surface area contributed by atoms with E-state index in [9.17, 15) is 33.5 Å². The van der Waals surface area contributed by atoms with Crippen molar-refractivity contribution in [2.24, 2.45) is 5.84 Å². The third-order valence-corrected chi connectivity index (χ3v) is 5.40. The van der Waals surface area contributed by atoms with E-state index < -0.39 is 39.0 Å². The van der Waals surface area contributed by atoms with Crippen LogP contribution in [0.1, 0.15) is 12.8 Å². The number of hydrazine groups is 1. The standard InChI is InChI=1S/C4H12N2O8P2.4Na/c5-6-3(7)1-2-4(8,15(9,10)11)16(12,13)14;;;;/h8H,1-2,5H2,(H,6,7)(H2,9,10,11)(H2,12,13,14);;;;/q;4*+1/p-4. The van der Waals surface area contributed by atoms with Crippen molar-refractivity contribution in [2.75, 3.05) is 0 Å². The summed E-state index contributed by atoms with van der Waals surface area (Å²) >= 11 is 0. The fraction of sp³-hybridized carbons (Fsp3) is 0.750. The molecular weight excluding hydrogens is 358 g/mol. The van der Waals surface area contributed by atoms with E-state index in [1.165, 1.54) is 5.43 Å². The Morgan fingerprint density at radius 2 is 1.35 bits per heavy atom. The second kappa shape index (κ2) is 13.9. The topological polar surface area (TPSA) is 202 Å². The largest absolute Gasteiger partial charge is 1.00 e. The monoisotopic (exact) mass is 366 g/mol. The Balaban J connectivity index is -0.000000187. The molecule has 0 aliphatic rings. The van der Waals surface area contributed by atoms with E-state index in [4.69, 9.17) is 5.11 Å². The molecular formula is C4H8N2Na4O8P2. The van der Waals surface area contributed by atoms with Gasteiger partial charge in [0.1, 0.15) is 5.08 Å². The number of carbonyl (C=O) groups excluding carboxylic acids is 1. The fourth-order valence-electron chi connectivity index (χ4n) is 0.777. The Bertz CT molecular complexity index is 349. The molecule has 16 heteroatoms. The van der Waals surface area contributed by atoms with Crippen LogP contribution in [0.15, 0.2) is 0 Å². The van der Waals surface area contributed by atoms with E-state index in [-0.39, 0.29) is 118 Å². The molecule has 0 unspecified atom stereocenters. The molecule has 0 radical (unpaired) electrons. The third kappa shape index (κ3) is 10.5. The number of carbonyl (C=O) groups is 1. The minimum Gasteiger partial charge on any atom is -0.808 e. The molecule has 0 heterocycles. The van der Waals surface area contributed by atoms with Crippen LogP contribution in [0.2, 0.25) is 0 Å². The smallest absolute Gasteiger partial charge is 0.808 e. The summed E-state index contributed by atoms with van der Waals surface area (Å²) in [5.41, 5.74) is 1.50. The Labute approximate surface area is 203 Å². The van der Waals surface area contributed by atoms with Gasteiger partial charge in [0.25, 0.3) is 0 Å². The summed E-state index contributed by atoms with van der Waals surface area (Å²) in [7, 11) is -12.3. The maximum absolute atomic E-state index is 10.6. The molecule has 0 aromatic rings. The van der Waals surface area contributed by atoms with E-state index in [1.807, 2.05) is 0 Å². The van der Waals surface area contributed by atoms with Gasteiger partial charge in [-0.1, -0.05) is 0 Å². The van der Waals surface area contributed by atoms with Gasteiger partial charge in [-0.15, -0.1) is 0 Å². The van der Waals surface area contributed by atoms with Crippen LogP contribution >= 0.6 is 15.2 Å². The van der Waals surface area contributed by atoms with Gasteiger partial charge in [0.2, 0.25) is 5.91 Å². The van der Waals surface area contributed by atoms with Crippen LogP contribution in [0.5, 0.6) is 0 Å². The molecule has 0 rings (SSSR count). The number of aliphatic hydroxyl groups is 1. The van der Waals surface area contributed by atoms with Gasteiger partial charge in [-0.3, -0.25) is 10.2 Å². The Kier molecular flexibility index (Phi) is 24.3. The Morgan fingerprint density at radius 1 is 1.05 bits per heavy atom. The zero-order valence-electron chi connectivity index (χ0n) is 11.7. The quantitative estimate of drug-likeness (QED) is 0.139. The summed E-state index contributed by atoms with van der Waals surface area (Å²) in [6.07, 6.45) is -2.28. The van der Waals surface area contributed by atoms with Crippen molar-refractivity contribution in [2.45, 2.75) is 17.9 Å². The Morgan fingerprint density at radius 3 is 1.55 bits per heavy atom. The van der Waals surface area contributed by atoms with Crippen LogP contribution in [0.25, 0.3) is 0 Å². The molecule has 0 saturated heterocycles. The van der Waals surface area contributed by atoms with Gasteiger partial charge in [-0.05, 0) is 21.6 Å². The van der Waals surface area contributed by atoms with Gasteiger partial charge >= 0.3 is 118 Å². The van der Waals surface area contributed by atoms with E-state index in [0.717, 1.165) is 0 Å². The molecule has 0 bridgehead atoms. The molecule has 0 aromatic carbocycles. The van der Waals surface area contributed by atoms with Crippen molar-refractivity contribution in [3.63, 3.8) is 0 Å². The minimum atomic E-state index is -6.13. The van der Waals surface area contributed by atoms with Crippen molar-refractivity contribution in [1.82, 2.24) is 5.43 Å². The van der Waals surface area contributed by atoms with Gasteiger partial charge in [-0.25, -0.2) is 5.84 Å². The van der Waals surface area contributed by atoms with Crippen molar-refractivity contribution < 1.29 is 157 Å². The average molecular weight is 366 g/mol. The Hall–Kier alpha value is 3.69. The molecule has 0 aliphatic heterocycles. The zero-order valence-corrected chi connectivity index (χ0v) is 21.5. The predicted molar refractivity (Wildman–Crippen MR) is 41.7 cm³/mol. The van der Waals surface area contributed by atoms with Gasteiger partial charge in [0.15, 0.2) is 0 Å². The molecule has 0 aromatic heterocycles. The van der Waals surface area contributed by atoms with Crippen LogP contribution in [0.3, 0.4) is 0 Å². The molecule has 0 aliphatic carbocycles. The van der Waals surface area contributed by atoms with Crippen molar-refractivity contribution in [3.05, 3.63) is 0 Å². The van der Waals surface area contributed by atoms with Gasteiger partial charge in [-0.2, -0.15) is 0 Å². The summed E-state index contributed by atoms with van der Waals surface area (Å²) in [5, 5.41) is 5.01. The number of amides is 1. The second-order valence-corrected chi connectivity index (χ2v) is 6.66. The van der Waals surface area contributed by atoms with Gasteiger partial charge in [0.05, 0.1) is 0 Å². The molecule has 4 N–H and O–H groups in total. The first-order valence-electron chi connectivity index (χ1n) is 3.72. The van der Waals surface area contributed by atoms with Gasteiger partial charge < -0.3 is 33.8 Å². The van der Waals surface area contributed by atoms with Crippen molar-refractivity contribution in [1.29, 1.82) is 0 Å². The first kappa shape index (κ1) is 34.9. The summed E-state index contributed by atoms with van der Waals surface area (Å²) in [6.45, 7) is 0.